The largest absolute Gasteiger partial charge is 0.326 e. The molecular weight excluding hydrogens is 372 g/mol. The summed E-state index contributed by atoms with van der Waals surface area (Å²) in [5.74, 6) is -0.370. The zero-order valence-corrected chi connectivity index (χ0v) is 16.8. The fourth-order valence-corrected chi connectivity index (χ4v) is 3.23. The van der Waals surface area contributed by atoms with Crippen molar-refractivity contribution < 1.29 is 9.59 Å². The molecule has 28 heavy (non-hydrogen) atoms. The second-order valence-corrected chi connectivity index (χ2v) is 8.38. The van der Waals surface area contributed by atoms with Crippen LogP contribution < -0.4 is 10.6 Å². The molecular formula is C21H22N4O2S. The number of amides is 2. The van der Waals surface area contributed by atoms with Crippen LogP contribution >= 0.6 is 11.3 Å². The third-order valence-electron chi connectivity index (χ3n) is 3.93. The zero-order chi connectivity index (χ0) is 20.1. The molecule has 0 spiro atoms. The molecule has 0 unspecified atom stereocenters. The lowest BCUT2D eigenvalue weighted by Gasteiger charge is -2.12. The summed E-state index contributed by atoms with van der Waals surface area (Å²) in [5.41, 5.74) is 1.96. The van der Waals surface area contributed by atoms with E-state index in [4.69, 9.17) is 0 Å². The Morgan fingerprint density at radius 2 is 1.61 bits per heavy atom. The molecule has 3 aromatic rings. The number of aromatic nitrogens is 2. The summed E-state index contributed by atoms with van der Waals surface area (Å²) < 4.78 is 0. The summed E-state index contributed by atoms with van der Waals surface area (Å²) >= 11 is 1.36. The zero-order valence-electron chi connectivity index (χ0n) is 16.0. The first-order valence-corrected chi connectivity index (χ1v) is 9.72. The van der Waals surface area contributed by atoms with Gasteiger partial charge in [0.2, 0.25) is 11.0 Å². The first-order chi connectivity index (χ1) is 13.3. The van der Waals surface area contributed by atoms with Crippen molar-refractivity contribution in [3.05, 3.63) is 70.7 Å². The number of nitrogens with one attached hydrogen (secondary N) is 2. The minimum Gasteiger partial charge on any atom is -0.326 e. The highest BCUT2D eigenvalue weighted by molar-refractivity contribution is 7.15. The van der Waals surface area contributed by atoms with Crippen LogP contribution in [-0.4, -0.2) is 22.0 Å². The number of hydrogen-bond acceptors (Lipinski definition) is 5. The predicted octanol–water partition coefficient (Wildman–Crippen LogP) is 4.27. The molecule has 0 bridgehead atoms. The van der Waals surface area contributed by atoms with Crippen LogP contribution in [0, 0.1) is 0 Å². The van der Waals surface area contributed by atoms with Gasteiger partial charge in [-0.05, 0) is 29.8 Å². The molecule has 0 radical (unpaired) electrons. The highest BCUT2D eigenvalue weighted by Gasteiger charge is 2.20. The Kier molecular flexibility index (Phi) is 5.84. The van der Waals surface area contributed by atoms with Gasteiger partial charge in [0, 0.05) is 16.7 Å². The van der Waals surface area contributed by atoms with Crippen molar-refractivity contribution in [1.82, 2.24) is 10.2 Å². The van der Waals surface area contributed by atoms with Gasteiger partial charge in [0.15, 0.2) is 0 Å². The molecule has 2 N–H and O–H groups in total. The van der Waals surface area contributed by atoms with Gasteiger partial charge in [-0.3, -0.25) is 14.9 Å². The van der Waals surface area contributed by atoms with Crippen LogP contribution in [0.4, 0.5) is 10.8 Å². The van der Waals surface area contributed by atoms with Crippen LogP contribution in [0.5, 0.6) is 0 Å². The molecule has 0 saturated heterocycles. The van der Waals surface area contributed by atoms with E-state index < -0.39 is 0 Å². The third-order valence-corrected chi connectivity index (χ3v) is 5.19. The number of benzene rings is 2. The van der Waals surface area contributed by atoms with Gasteiger partial charge in [-0.25, -0.2) is 0 Å². The molecule has 1 aromatic heterocycles. The van der Waals surface area contributed by atoms with E-state index in [1.54, 1.807) is 24.3 Å². The molecule has 2 amide bonds. The Balaban J connectivity index is 1.58. The highest BCUT2D eigenvalue weighted by Crippen LogP contribution is 2.27. The third kappa shape index (κ3) is 5.23. The second kappa shape index (κ2) is 8.31. The lowest BCUT2D eigenvalue weighted by Crippen LogP contribution is -2.15. The van der Waals surface area contributed by atoms with Crippen molar-refractivity contribution in [3.8, 4) is 0 Å². The normalized spacial score (nSPS) is 11.1. The van der Waals surface area contributed by atoms with Gasteiger partial charge in [0.05, 0.1) is 6.42 Å². The van der Waals surface area contributed by atoms with Crippen LogP contribution in [0.25, 0.3) is 0 Å². The van der Waals surface area contributed by atoms with Gasteiger partial charge >= 0.3 is 0 Å². The van der Waals surface area contributed by atoms with Crippen molar-refractivity contribution in [3.63, 3.8) is 0 Å². The maximum Gasteiger partial charge on any atom is 0.257 e. The molecule has 0 fully saturated rings. The molecule has 7 heteroatoms. The Labute approximate surface area is 168 Å². The number of nitrogens with zero attached hydrogens (tertiary/aromatic N) is 2. The van der Waals surface area contributed by atoms with E-state index in [0.717, 1.165) is 10.6 Å². The quantitative estimate of drug-likeness (QED) is 0.677. The van der Waals surface area contributed by atoms with Gasteiger partial charge in [-0.2, -0.15) is 0 Å². The molecule has 0 saturated carbocycles. The van der Waals surface area contributed by atoms with Crippen LogP contribution in [0.1, 0.15) is 41.7 Å². The maximum atomic E-state index is 12.4. The summed E-state index contributed by atoms with van der Waals surface area (Å²) in [5, 5.41) is 15.1. The van der Waals surface area contributed by atoms with Gasteiger partial charge in [-0.15, -0.1) is 10.2 Å². The van der Waals surface area contributed by atoms with Crippen LogP contribution in [0.15, 0.2) is 54.6 Å². The van der Waals surface area contributed by atoms with Crippen LogP contribution in [0.2, 0.25) is 0 Å². The van der Waals surface area contributed by atoms with Crippen molar-refractivity contribution in [2.45, 2.75) is 32.6 Å². The molecule has 3 rings (SSSR count). The summed E-state index contributed by atoms with van der Waals surface area (Å²) in [7, 11) is 0. The molecule has 0 aliphatic carbocycles. The Morgan fingerprint density at radius 3 is 2.21 bits per heavy atom. The average Bonchev–Trinajstić information content (AvgIpc) is 3.12. The van der Waals surface area contributed by atoms with E-state index in [1.165, 1.54) is 11.3 Å². The summed E-state index contributed by atoms with van der Waals surface area (Å²) in [6.45, 7) is 6.14. The lowest BCUT2D eigenvalue weighted by molar-refractivity contribution is -0.115. The SMILES string of the molecule is CC(C)(C)c1nnc(NC(=O)c2ccc(NC(=O)Cc3ccccc3)cc2)s1. The predicted molar refractivity (Wildman–Crippen MR) is 112 cm³/mol. The van der Waals surface area contributed by atoms with E-state index in [9.17, 15) is 9.59 Å². The van der Waals surface area contributed by atoms with Gasteiger partial charge < -0.3 is 5.32 Å². The van der Waals surface area contributed by atoms with Crippen LogP contribution in [-0.2, 0) is 16.6 Å². The molecule has 1 heterocycles. The van der Waals surface area contributed by atoms with Crippen molar-refractivity contribution in [1.29, 1.82) is 0 Å². The van der Waals surface area contributed by atoms with Gasteiger partial charge in [0.25, 0.3) is 5.91 Å². The molecule has 6 nitrogen and oxygen atoms in total. The summed E-state index contributed by atoms with van der Waals surface area (Å²) in [4.78, 5) is 24.5. The molecule has 144 valence electrons. The number of carbonyl (C=O) groups is 2. The topological polar surface area (TPSA) is 84.0 Å². The first kappa shape index (κ1) is 19.7. The number of carbonyl (C=O) groups excluding carboxylic acids is 2. The maximum absolute atomic E-state index is 12.4. The fraction of sp³-hybridized carbons (Fsp3) is 0.238. The summed E-state index contributed by atoms with van der Waals surface area (Å²) in [6.07, 6.45) is 0.302. The Morgan fingerprint density at radius 1 is 0.929 bits per heavy atom. The van der Waals surface area contributed by atoms with Crippen LogP contribution in [0.3, 0.4) is 0 Å². The van der Waals surface area contributed by atoms with E-state index in [-0.39, 0.29) is 17.2 Å². The number of rotatable bonds is 5. The van der Waals surface area contributed by atoms with Gasteiger partial charge in [0.1, 0.15) is 5.01 Å². The van der Waals surface area contributed by atoms with Crippen molar-refractivity contribution >= 4 is 34.0 Å². The second-order valence-electron chi connectivity index (χ2n) is 7.40. The summed E-state index contributed by atoms with van der Waals surface area (Å²) in [6, 6.07) is 16.3. The Hall–Kier alpha value is -3.06. The molecule has 0 atom stereocenters. The highest BCUT2D eigenvalue weighted by atomic mass is 32.1. The fourth-order valence-electron chi connectivity index (χ4n) is 2.44. The molecule has 0 aliphatic rings. The average molecular weight is 395 g/mol. The number of anilines is 2. The van der Waals surface area contributed by atoms with Crippen molar-refractivity contribution in [2.75, 3.05) is 10.6 Å². The first-order valence-electron chi connectivity index (χ1n) is 8.90. The lowest BCUT2D eigenvalue weighted by atomic mass is 9.98. The van der Waals surface area contributed by atoms with Gasteiger partial charge in [-0.1, -0.05) is 62.4 Å². The Bertz CT molecular complexity index is 960. The smallest absolute Gasteiger partial charge is 0.257 e. The monoisotopic (exact) mass is 394 g/mol. The minimum atomic E-state index is -0.265. The minimum absolute atomic E-state index is 0.105. The number of hydrogen-bond donors (Lipinski definition) is 2. The molecule has 2 aromatic carbocycles. The van der Waals surface area contributed by atoms with E-state index in [1.807, 2.05) is 51.1 Å². The van der Waals surface area contributed by atoms with E-state index in [0.29, 0.717) is 22.8 Å². The molecule has 0 aliphatic heterocycles. The van der Waals surface area contributed by atoms with E-state index >= 15 is 0 Å². The van der Waals surface area contributed by atoms with Crippen molar-refractivity contribution in [2.24, 2.45) is 0 Å². The standard InChI is InChI=1S/C21H22N4O2S/c1-21(2,3)19-24-25-20(28-19)23-18(27)15-9-11-16(12-10-15)22-17(26)13-14-7-5-4-6-8-14/h4-12H,13H2,1-3H3,(H,22,26)(H,23,25,27). The van der Waals surface area contributed by atoms with E-state index in [2.05, 4.69) is 20.8 Å².